The lowest BCUT2D eigenvalue weighted by molar-refractivity contribution is -0.187. The van der Waals surface area contributed by atoms with E-state index in [0.717, 1.165) is 5.56 Å². The Hall–Kier alpha value is -1.96. The quantitative estimate of drug-likeness (QED) is 0.911. The fraction of sp³-hybridized carbons (Fsp3) is 0.562. The van der Waals surface area contributed by atoms with Crippen LogP contribution < -0.4 is 14.8 Å². The molecule has 1 aromatic rings. The van der Waals surface area contributed by atoms with E-state index in [0.29, 0.717) is 31.0 Å². The van der Waals surface area contributed by atoms with Crippen LogP contribution in [0.1, 0.15) is 18.4 Å². The molecule has 2 heterocycles. The molecular formula is C16H19F3N2O3. The number of halogens is 3. The summed E-state index contributed by atoms with van der Waals surface area (Å²) in [6.07, 6.45) is -3.60. The average Bonchev–Trinajstić information content (AvgIpc) is 3.00. The normalized spacial score (nSPS) is 20.9. The maximum Gasteiger partial charge on any atom is 0.393 e. The molecule has 2 aliphatic heterocycles. The number of likely N-dealkylation sites (tertiary alicyclic amines) is 1. The van der Waals surface area contributed by atoms with E-state index in [-0.39, 0.29) is 32.2 Å². The van der Waals surface area contributed by atoms with E-state index in [4.69, 9.17) is 9.47 Å². The van der Waals surface area contributed by atoms with Crippen molar-refractivity contribution in [1.82, 2.24) is 10.2 Å². The molecule has 0 saturated carbocycles. The van der Waals surface area contributed by atoms with Crippen LogP contribution in [0.15, 0.2) is 18.2 Å². The summed E-state index contributed by atoms with van der Waals surface area (Å²) < 4.78 is 48.8. The van der Waals surface area contributed by atoms with Gasteiger partial charge in [0, 0.05) is 13.1 Å². The molecule has 8 heteroatoms. The molecule has 1 saturated heterocycles. The molecule has 1 fully saturated rings. The van der Waals surface area contributed by atoms with Crippen molar-refractivity contribution in [3.05, 3.63) is 23.8 Å². The van der Waals surface area contributed by atoms with Gasteiger partial charge in [-0.3, -0.25) is 9.69 Å². The van der Waals surface area contributed by atoms with Gasteiger partial charge < -0.3 is 14.8 Å². The molecule has 24 heavy (non-hydrogen) atoms. The molecule has 3 rings (SSSR count). The van der Waals surface area contributed by atoms with Crippen molar-refractivity contribution >= 4 is 5.91 Å². The fourth-order valence-corrected chi connectivity index (χ4v) is 2.98. The van der Waals surface area contributed by atoms with Crippen LogP contribution in [0.3, 0.4) is 0 Å². The van der Waals surface area contributed by atoms with E-state index < -0.39 is 12.1 Å². The molecule has 0 radical (unpaired) electrons. The first-order valence-electron chi connectivity index (χ1n) is 7.86. The van der Waals surface area contributed by atoms with E-state index in [1.807, 2.05) is 6.07 Å². The van der Waals surface area contributed by atoms with Crippen molar-refractivity contribution in [2.24, 2.45) is 5.92 Å². The van der Waals surface area contributed by atoms with Gasteiger partial charge in [0.2, 0.25) is 12.7 Å². The third-order valence-electron chi connectivity index (χ3n) is 4.26. The monoisotopic (exact) mass is 344 g/mol. The highest BCUT2D eigenvalue weighted by molar-refractivity contribution is 5.78. The molecular weight excluding hydrogens is 325 g/mol. The summed E-state index contributed by atoms with van der Waals surface area (Å²) in [6, 6.07) is 5.36. The van der Waals surface area contributed by atoms with Crippen molar-refractivity contribution in [3.8, 4) is 11.5 Å². The molecule has 132 valence electrons. The minimum atomic E-state index is -4.19. The third-order valence-corrected chi connectivity index (χ3v) is 4.26. The van der Waals surface area contributed by atoms with Gasteiger partial charge in [-0.15, -0.1) is 0 Å². The van der Waals surface area contributed by atoms with E-state index in [2.05, 4.69) is 5.32 Å². The van der Waals surface area contributed by atoms with Gasteiger partial charge in [-0.25, -0.2) is 0 Å². The van der Waals surface area contributed by atoms with Gasteiger partial charge in [0.1, 0.15) is 0 Å². The van der Waals surface area contributed by atoms with Gasteiger partial charge in [-0.05, 0) is 37.1 Å². The zero-order valence-corrected chi connectivity index (χ0v) is 13.1. The van der Waals surface area contributed by atoms with Crippen LogP contribution in [0.5, 0.6) is 11.5 Å². The van der Waals surface area contributed by atoms with Gasteiger partial charge >= 0.3 is 6.18 Å². The van der Waals surface area contributed by atoms with Crippen molar-refractivity contribution in [1.29, 1.82) is 0 Å². The van der Waals surface area contributed by atoms with E-state index in [9.17, 15) is 18.0 Å². The smallest absolute Gasteiger partial charge is 0.393 e. The number of piperidine rings is 1. The topological polar surface area (TPSA) is 50.8 Å². The van der Waals surface area contributed by atoms with E-state index >= 15 is 0 Å². The molecule has 1 amide bonds. The van der Waals surface area contributed by atoms with Crippen LogP contribution in [-0.2, 0) is 11.3 Å². The largest absolute Gasteiger partial charge is 0.454 e. The lowest BCUT2D eigenvalue weighted by Crippen LogP contribution is -2.45. The Balaban J connectivity index is 1.47. The van der Waals surface area contributed by atoms with Crippen molar-refractivity contribution < 1.29 is 27.4 Å². The predicted octanol–water partition coefficient (Wildman–Crippen LogP) is 2.31. The molecule has 0 aliphatic carbocycles. The number of amides is 1. The molecule has 0 unspecified atom stereocenters. The number of nitrogens with zero attached hydrogens (tertiary/aromatic N) is 1. The number of hydrogen-bond acceptors (Lipinski definition) is 4. The second-order valence-electron chi connectivity index (χ2n) is 6.08. The first-order valence-corrected chi connectivity index (χ1v) is 7.86. The summed E-state index contributed by atoms with van der Waals surface area (Å²) in [7, 11) is 0. The number of hydrogen-bond donors (Lipinski definition) is 1. The molecule has 1 aromatic carbocycles. The molecule has 0 spiro atoms. The van der Waals surface area contributed by atoms with Gasteiger partial charge in [-0.1, -0.05) is 6.07 Å². The second kappa shape index (κ2) is 6.88. The Morgan fingerprint density at radius 2 is 2.08 bits per heavy atom. The Bertz CT molecular complexity index is 607. The lowest BCUT2D eigenvalue weighted by atomic mass is 9.97. The Morgan fingerprint density at radius 3 is 2.88 bits per heavy atom. The molecule has 2 aliphatic rings. The summed E-state index contributed by atoms with van der Waals surface area (Å²) in [6.45, 7) is 0.870. The van der Waals surface area contributed by atoms with E-state index in [1.54, 1.807) is 17.0 Å². The maximum absolute atomic E-state index is 12.8. The summed E-state index contributed by atoms with van der Waals surface area (Å²) >= 11 is 0. The zero-order chi connectivity index (χ0) is 17.2. The van der Waals surface area contributed by atoms with E-state index in [1.165, 1.54) is 0 Å². The molecule has 1 atom stereocenters. The summed E-state index contributed by atoms with van der Waals surface area (Å²) in [5, 5.41) is 2.73. The second-order valence-corrected chi connectivity index (χ2v) is 6.08. The number of nitrogens with one attached hydrogen (secondary N) is 1. The average molecular weight is 344 g/mol. The first kappa shape index (κ1) is 16.9. The Labute approximate surface area is 137 Å². The molecule has 0 bridgehead atoms. The summed E-state index contributed by atoms with van der Waals surface area (Å²) in [5.41, 5.74) is 0.847. The highest BCUT2D eigenvalue weighted by Crippen LogP contribution is 2.33. The van der Waals surface area contributed by atoms with Crippen molar-refractivity contribution in [3.63, 3.8) is 0 Å². The Kier molecular flexibility index (Phi) is 4.84. The van der Waals surface area contributed by atoms with Gasteiger partial charge in [-0.2, -0.15) is 13.2 Å². The SMILES string of the molecule is O=C(CN1CCC[C@@H](C(F)(F)F)C1)NCc1ccc2c(c1)OCO2. The highest BCUT2D eigenvalue weighted by atomic mass is 19.4. The number of benzene rings is 1. The first-order chi connectivity index (χ1) is 11.4. The molecule has 5 nitrogen and oxygen atoms in total. The van der Waals surface area contributed by atoms with Crippen LogP contribution in [0, 0.1) is 5.92 Å². The summed E-state index contributed by atoms with van der Waals surface area (Å²) in [4.78, 5) is 13.6. The Morgan fingerprint density at radius 1 is 1.29 bits per heavy atom. The fourth-order valence-electron chi connectivity index (χ4n) is 2.98. The molecule has 1 N–H and O–H groups in total. The van der Waals surface area contributed by atoms with Crippen LogP contribution >= 0.6 is 0 Å². The minimum Gasteiger partial charge on any atom is -0.454 e. The van der Waals surface area contributed by atoms with Crippen LogP contribution in [0.4, 0.5) is 13.2 Å². The van der Waals surface area contributed by atoms with Crippen molar-refractivity contribution in [2.45, 2.75) is 25.6 Å². The summed E-state index contributed by atoms with van der Waals surface area (Å²) in [5.74, 6) is -0.328. The van der Waals surface area contributed by atoms with Crippen LogP contribution in [0.25, 0.3) is 0 Å². The van der Waals surface area contributed by atoms with Crippen LogP contribution in [0.2, 0.25) is 0 Å². The van der Waals surface area contributed by atoms with Crippen molar-refractivity contribution in [2.75, 3.05) is 26.4 Å². The predicted molar refractivity (Wildman–Crippen MR) is 79.6 cm³/mol. The van der Waals surface area contributed by atoms with Crippen LogP contribution in [-0.4, -0.2) is 43.4 Å². The maximum atomic E-state index is 12.8. The van der Waals surface area contributed by atoms with Gasteiger partial charge in [0.05, 0.1) is 12.5 Å². The number of alkyl halides is 3. The zero-order valence-electron chi connectivity index (χ0n) is 13.1. The van der Waals surface area contributed by atoms with Gasteiger partial charge in [0.25, 0.3) is 0 Å². The number of ether oxygens (including phenoxy) is 2. The highest BCUT2D eigenvalue weighted by Gasteiger charge is 2.41. The third kappa shape index (κ3) is 4.11. The number of carbonyl (C=O) groups is 1. The van der Waals surface area contributed by atoms with Gasteiger partial charge in [0.15, 0.2) is 11.5 Å². The molecule has 0 aromatic heterocycles. The number of rotatable bonds is 4. The lowest BCUT2D eigenvalue weighted by Gasteiger charge is -2.33. The standard InChI is InChI=1S/C16H19F3N2O3/c17-16(18,19)12-2-1-5-21(8-12)9-15(22)20-7-11-3-4-13-14(6-11)24-10-23-13/h3-4,6,12H,1-2,5,7-10H2,(H,20,22)/t12-/m1/s1. The number of fused-ring (bicyclic) bond motifs is 1. The number of carbonyl (C=O) groups excluding carboxylic acids is 1. The minimum absolute atomic E-state index is 0.0167.